The van der Waals surface area contributed by atoms with E-state index >= 15 is 0 Å². The molecule has 1 aliphatic rings. The van der Waals surface area contributed by atoms with E-state index < -0.39 is 0 Å². The summed E-state index contributed by atoms with van der Waals surface area (Å²) in [4.78, 5) is 11.3. The second-order valence-electron chi connectivity index (χ2n) is 7.99. The molecule has 1 aliphatic heterocycles. The van der Waals surface area contributed by atoms with Gasteiger partial charge < -0.3 is 15.5 Å². The van der Waals surface area contributed by atoms with E-state index in [0.29, 0.717) is 12.6 Å². The lowest BCUT2D eigenvalue weighted by Crippen LogP contribution is -2.48. The molecule has 3 aromatic rings. The van der Waals surface area contributed by atoms with Crippen molar-refractivity contribution >= 4 is 35.8 Å². The van der Waals surface area contributed by atoms with Crippen LogP contribution in [0.4, 0.5) is 5.82 Å². The molecule has 0 bridgehead atoms. The lowest BCUT2D eigenvalue weighted by Gasteiger charge is -2.33. The summed E-state index contributed by atoms with van der Waals surface area (Å²) in [6, 6.07) is 16.9. The Morgan fingerprint density at radius 2 is 1.84 bits per heavy atom. The summed E-state index contributed by atoms with van der Waals surface area (Å²) in [6.07, 6.45) is 3.97. The van der Waals surface area contributed by atoms with Crippen LogP contribution < -0.4 is 15.5 Å². The number of rotatable bonds is 5. The Balaban J connectivity index is 0.00000289. The molecule has 2 aromatic heterocycles. The van der Waals surface area contributed by atoms with E-state index in [1.165, 1.54) is 5.56 Å². The van der Waals surface area contributed by atoms with Crippen LogP contribution in [0.1, 0.15) is 29.8 Å². The zero-order chi connectivity index (χ0) is 21.6. The van der Waals surface area contributed by atoms with Gasteiger partial charge in [0, 0.05) is 44.6 Å². The molecule has 2 N–H and O–H groups in total. The lowest BCUT2D eigenvalue weighted by atomic mass is 10.1. The SMILES string of the molecule is CN=C(NCc1ccccc1-n1nc(C)cc1C)NC1CCN(c2ccccn2)CC1.I. The number of hydrogen-bond donors (Lipinski definition) is 2. The van der Waals surface area contributed by atoms with Crippen LogP contribution >= 0.6 is 24.0 Å². The van der Waals surface area contributed by atoms with Crippen molar-refractivity contribution in [3.05, 3.63) is 71.7 Å². The van der Waals surface area contributed by atoms with Crippen LogP contribution in [-0.2, 0) is 6.54 Å². The van der Waals surface area contributed by atoms with Gasteiger partial charge in [-0.05, 0) is 56.5 Å². The molecule has 32 heavy (non-hydrogen) atoms. The summed E-state index contributed by atoms with van der Waals surface area (Å²) >= 11 is 0. The Morgan fingerprint density at radius 1 is 1.09 bits per heavy atom. The third-order valence-corrected chi connectivity index (χ3v) is 5.71. The maximum absolute atomic E-state index is 4.65. The summed E-state index contributed by atoms with van der Waals surface area (Å²) in [6.45, 7) is 6.77. The third kappa shape index (κ3) is 5.79. The first-order valence-corrected chi connectivity index (χ1v) is 10.9. The number of halogens is 1. The highest BCUT2D eigenvalue weighted by Crippen LogP contribution is 2.18. The van der Waals surface area contributed by atoms with Crippen molar-refractivity contribution in [3.8, 4) is 5.69 Å². The van der Waals surface area contributed by atoms with Gasteiger partial charge in [-0.2, -0.15) is 5.10 Å². The highest BCUT2D eigenvalue weighted by molar-refractivity contribution is 14.0. The standard InChI is InChI=1S/C24H31N7.HI/c1-18-16-19(2)31(29-18)22-9-5-4-8-20(22)17-27-24(25-3)28-21-11-14-30(15-12-21)23-10-6-7-13-26-23;/h4-10,13,16,21H,11-12,14-15,17H2,1-3H3,(H2,25,27,28);1H. The molecule has 0 aliphatic carbocycles. The minimum absolute atomic E-state index is 0. The summed E-state index contributed by atoms with van der Waals surface area (Å²) in [5, 5.41) is 11.7. The molecule has 0 amide bonds. The van der Waals surface area contributed by atoms with Gasteiger partial charge in [-0.1, -0.05) is 24.3 Å². The fourth-order valence-electron chi connectivity index (χ4n) is 4.10. The van der Waals surface area contributed by atoms with Gasteiger partial charge in [-0.3, -0.25) is 4.99 Å². The monoisotopic (exact) mass is 545 g/mol. The highest BCUT2D eigenvalue weighted by Gasteiger charge is 2.21. The zero-order valence-electron chi connectivity index (χ0n) is 19.0. The number of para-hydroxylation sites is 1. The van der Waals surface area contributed by atoms with Crippen LogP contribution in [0.15, 0.2) is 59.7 Å². The van der Waals surface area contributed by atoms with Crippen LogP contribution in [0.5, 0.6) is 0 Å². The maximum Gasteiger partial charge on any atom is 0.191 e. The van der Waals surface area contributed by atoms with Gasteiger partial charge in [0.05, 0.1) is 11.4 Å². The first-order valence-electron chi connectivity index (χ1n) is 10.9. The van der Waals surface area contributed by atoms with Crippen LogP contribution in [0.2, 0.25) is 0 Å². The number of benzene rings is 1. The minimum atomic E-state index is 0. The predicted octanol–water partition coefficient (Wildman–Crippen LogP) is 3.84. The number of piperidine rings is 1. The van der Waals surface area contributed by atoms with Gasteiger partial charge in [-0.25, -0.2) is 9.67 Å². The fourth-order valence-corrected chi connectivity index (χ4v) is 4.10. The zero-order valence-corrected chi connectivity index (χ0v) is 21.3. The molecule has 3 heterocycles. The summed E-state index contributed by atoms with van der Waals surface area (Å²) < 4.78 is 2.01. The number of aromatic nitrogens is 3. The molecule has 7 nitrogen and oxygen atoms in total. The van der Waals surface area contributed by atoms with Crippen LogP contribution in [0.25, 0.3) is 5.69 Å². The highest BCUT2D eigenvalue weighted by atomic mass is 127. The molecule has 0 atom stereocenters. The van der Waals surface area contributed by atoms with Crippen LogP contribution in [0, 0.1) is 13.8 Å². The number of aryl methyl sites for hydroxylation is 2. The molecular weight excluding hydrogens is 513 g/mol. The molecule has 1 aromatic carbocycles. The van der Waals surface area contributed by atoms with Crippen molar-refractivity contribution in [2.75, 3.05) is 25.0 Å². The van der Waals surface area contributed by atoms with E-state index in [-0.39, 0.29) is 24.0 Å². The molecule has 8 heteroatoms. The maximum atomic E-state index is 4.65. The largest absolute Gasteiger partial charge is 0.356 e. The smallest absolute Gasteiger partial charge is 0.191 e. The number of anilines is 1. The lowest BCUT2D eigenvalue weighted by molar-refractivity contribution is 0.459. The van der Waals surface area contributed by atoms with E-state index in [2.05, 4.69) is 73.9 Å². The van der Waals surface area contributed by atoms with Crippen molar-refractivity contribution < 1.29 is 0 Å². The first-order chi connectivity index (χ1) is 15.1. The van der Waals surface area contributed by atoms with Gasteiger partial charge in [0.1, 0.15) is 5.82 Å². The van der Waals surface area contributed by atoms with Gasteiger partial charge in [0.25, 0.3) is 0 Å². The van der Waals surface area contributed by atoms with Gasteiger partial charge in [0.15, 0.2) is 5.96 Å². The minimum Gasteiger partial charge on any atom is -0.356 e. The molecule has 4 rings (SSSR count). The van der Waals surface area contributed by atoms with Crippen LogP contribution in [-0.4, -0.2) is 46.9 Å². The molecule has 1 saturated heterocycles. The van der Waals surface area contributed by atoms with Gasteiger partial charge >= 0.3 is 0 Å². The Kier molecular flexibility index (Phi) is 8.49. The predicted molar refractivity (Wildman–Crippen MR) is 141 cm³/mol. The molecule has 1 fully saturated rings. The average molecular weight is 545 g/mol. The molecule has 0 saturated carbocycles. The summed E-state index contributed by atoms with van der Waals surface area (Å²) in [5.74, 6) is 1.89. The van der Waals surface area contributed by atoms with E-state index in [4.69, 9.17) is 0 Å². The molecule has 0 radical (unpaired) electrons. The Labute approximate surface area is 207 Å². The van der Waals surface area contributed by atoms with Crippen molar-refractivity contribution in [1.29, 1.82) is 0 Å². The Hall–Kier alpha value is -2.62. The normalized spacial score (nSPS) is 14.7. The number of nitrogens with one attached hydrogen (secondary N) is 2. The molecule has 0 spiro atoms. The van der Waals surface area contributed by atoms with Gasteiger partial charge in [-0.15, -0.1) is 24.0 Å². The van der Waals surface area contributed by atoms with Crippen molar-refractivity contribution in [1.82, 2.24) is 25.4 Å². The van der Waals surface area contributed by atoms with E-state index in [1.54, 1.807) is 0 Å². The Bertz CT molecular complexity index is 1020. The summed E-state index contributed by atoms with van der Waals surface area (Å²) in [7, 11) is 1.82. The van der Waals surface area contributed by atoms with Gasteiger partial charge in [0.2, 0.25) is 0 Å². The number of hydrogen-bond acceptors (Lipinski definition) is 4. The van der Waals surface area contributed by atoms with E-state index in [9.17, 15) is 0 Å². The molecule has 0 unspecified atom stereocenters. The van der Waals surface area contributed by atoms with E-state index in [1.807, 2.05) is 37.0 Å². The second kappa shape index (κ2) is 11.3. The first kappa shape index (κ1) is 24.0. The van der Waals surface area contributed by atoms with Crippen molar-refractivity contribution in [3.63, 3.8) is 0 Å². The number of nitrogens with zero attached hydrogens (tertiary/aromatic N) is 5. The average Bonchev–Trinajstić information content (AvgIpc) is 3.15. The topological polar surface area (TPSA) is 70.4 Å². The fraction of sp³-hybridized carbons (Fsp3) is 0.375. The Morgan fingerprint density at radius 3 is 2.50 bits per heavy atom. The van der Waals surface area contributed by atoms with Crippen molar-refractivity contribution in [2.24, 2.45) is 4.99 Å². The van der Waals surface area contributed by atoms with E-state index in [0.717, 1.165) is 54.8 Å². The number of guanidine groups is 1. The summed E-state index contributed by atoms with van der Waals surface area (Å²) in [5.41, 5.74) is 4.43. The number of pyridine rings is 1. The second-order valence-corrected chi connectivity index (χ2v) is 7.99. The van der Waals surface area contributed by atoms with Crippen LogP contribution in [0.3, 0.4) is 0 Å². The van der Waals surface area contributed by atoms with Crippen molar-refractivity contribution in [2.45, 2.75) is 39.3 Å². The molecular formula is C24H32IN7. The third-order valence-electron chi connectivity index (χ3n) is 5.71. The quantitative estimate of drug-likeness (QED) is 0.290. The molecule has 170 valence electrons. The number of aliphatic imine (C=N–C) groups is 1.